The van der Waals surface area contributed by atoms with Gasteiger partial charge in [0, 0.05) is 10.2 Å². The zero-order chi connectivity index (χ0) is 17.8. The summed E-state index contributed by atoms with van der Waals surface area (Å²) in [5.74, 6) is -0.167. The number of fused-ring (bicyclic) bond motifs is 1. The summed E-state index contributed by atoms with van der Waals surface area (Å²) >= 11 is 3.37. The van der Waals surface area contributed by atoms with Crippen LogP contribution in [0.25, 0.3) is 0 Å². The second-order valence-electron chi connectivity index (χ2n) is 6.20. The molecule has 25 heavy (non-hydrogen) atoms. The number of benzene rings is 2. The van der Waals surface area contributed by atoms with E-state index in [4.69, 9.17) is 5.73 Å². The van der Waals surface area contributed by atoms with Crippen LogP contribution in [0.1, 0.15) is 35.6 Å². The van der Waals surface area contributed by atoms with Gasteiger partial charge in [-0.3, -0.25) is 4.79 Å². The standard InChI is InChI=1S/C19H20BrN3O2/c20-15-7-4-13(5-8-15)17(23-19(21)25)11-18(24)22-16-9-6-12-2-1-3-14(12)10-16/h4-10,17H,1-3,11H2,(H,22,24)(H3,21,23,25)/t17-/m1/s1. The Morgan fingerprint density at radius 2 is 1.80 bits per heavy atom. The molecule has 2 aromatic rings. The van der Waals surface area contributed by atoms with Gasteiger partial charge in [-0.25, -0.2) is 4.79 Å². The number of rotatable bonds is 5. The molecule has 0 saturated carbocycles. The molecule has 3 amide bonds. The number of carbonyl (C=O) groups is 2. The highest BCUT2D eigenvalue weighted by atomic mass is 79.9. The van der Waals surface area contributed by atoms with Crippen molar-refractivity contribution in [2.75, 3.05) is 5.32 Å². The largest absolute Gasteiger partial charge is 0.352 e. The predicted octanol–water partition coefficient (Wildman–Crippen LogP) is 3.68. The molecule has 4 N–H and O–H groups in total. The van der Waals surface area contributed by atoms with Gasteiger partial charge >= 0.3 is 6.03 Å². The lowest BCUT2D eigenvalue weighted by molar-refractivity contribution is -0.116. The second kappa shape index (κ2) is 7.70. The number of primary amides is 1. The van der Waals surface area contributed by atoms with Crippen LogP contribution in [0.2, 0.25) is 0 Å². The Kier molecular flexibility index (Phi) is 5.38. The number of aryl methyl sites for hydroxylation is 2. The number of anilines is 1. The Morgan fingerprint density at radius 3 is 2.52 bits per heavy atom. The van der Waals surface area contributed by atoms with Crippen molar-refractivity contribution in [3.63, 3.8) is 0 Å². The average Bonchev–Trinajstić information content (AvgIpc) is 3.02. The van der Waals surface area contributed by atoms with E-state index >= 15 is 0 Å². The lowest BCUT2D eigenvalue weighted by Crippen LogP contribution is -2.35. The first-order chi connectivity index (χ1) is 12.0. The molecule has 1 aliphatic carbocycles. The quantitative estimate of drug-likeness (QED) is 0.713. The van der Waals surface area contributed by atoms with Gasteiger partial charge in [0.2, 0.25) is 5.91 Å². The molecule has 0 bridgehead atoms. The summed E-state index contributed by atoms with van der Waals surface area (Å²) in [7, 11) is 0. The van der Waals surface area contributed by atoms with Crippen molar-refractivity contribution < 1.29 is 9.59 Å². The second-order valence-corrected chi connectivity index (χ2v) is 7.12. The first-order valence-corrected chi connectivity index (χ1v) is 9.03. The van der Waals surface area contributed by atoms with Crippen LogP contribution in [-0.2, 0) is 17.6 Å². The van der Waals surface area contributed by atoms with E-state index in [1.807, 2.05) is 36.4 Å². The number of hydrogen-bond acceptors (Lipinski definition) is 2. The smallest absolute Gasteiger partial charge is 0.312 e. The van der Waals surface area contributed by atoms with Crippen LogP contribution >= 0.6 is 15.9 Å². The van der Waals surface area contributed by atoms with E-state index in [0.717, 1.165) is 28.6 Å². The fourth-order valence-corrected chi connectivity index (χ4v) is 3.43. The van der Waals surface area contributed by atoms with Crippen LogP contribution in [0.3, 0.4) is 0 Å². The minimum Gasteiger partial charge on any atom is -0.352 e. The summed E-state index contributed by atoms with van der Waals surface area (Å²) in [5.41, 5.74) is 9.54. The van der Waals surface area contributed by atoms with Gasteiger partial charge in [0.25, 0.3) is 0 Å². The maximum atomic E-state index is 12.4. The highest BCUT2D eigenvalue weighted by Gasteiger charge is 2.18. The minimum atomic E-state index is -0.654. The van der Waals surface area contributed by atoms with Crippen molar-refractivity contribution in [3.8, 4) is 0 Å². The van der Waals surface area contributed by atoms with Crippen LogP contribution in [-0.4, -0.2) is 11.9 Å². The normalized spacial score (nSPS) is 13.8. The van der Waals surface area contributed by atoms with E-state index in [-0.39, 0.29) is 12.3 Å². The van der Waals surface area contributed by atoms with Gasteiger partial charge in [-0.1, -0.05) is 34.1 Å². The van der Waals surface area contributed by atoms with E-state index < -0.39 is 12.1 Å². The zero-order valence-corrected chi connectivity index (χ0v) is 15.3. The van der Waals surface area contributed by atoms with Crippen molar-refractivity contribution in [3.05, 3.63) is 63.6 Å². The van der Waals surface area contributed by atoms with Crippen molar-refractivity contribution in [1.82, 2.24) is 5.32 Å². The third-order valence-corrected chi connectivity index (χ3v) is 4.89. The highest BCUT2D eigenvalue weighted by molar-refractivity contribution is 9.10. The van der Waals surface area contributed by atoms with Crippen LogP contribution in [0, 0.1) is 0 Å². The number of urea groups is 1. The summed E-state index contributed by atoms with van der Waals surface area (Å²) in [5, 5.41) is 5.55. The molecule has 1 aliphatic rings. The van der Waals surface area contributed by atoms with Gasteiger partial charge in [0.15, 0.2) is 0 Å². The predicted molar refractivity (Wildman–Crippen MR) is 101 cm³/mol. The molecule has 3 rings (SSSR count). The van der Waals surface area contributed by atoms with E-state index in [9.17, 15) is 9.59 Å². The van der Waals surface area contributed by atoms with Crippen molar-refractivity contribution in [1.29, 1.82) is 0 Å². The molecule has 0 heterocycles. The Bertz CT molecular complexity index is 790. The van der Waals surface area contributed by atoms with Crippen LogP contribution in [0.4, 0.5) is 10.5 Å². The molecule has 1 atom stereocenters. The molecule has 5 nitrogen and oxygen atoms in total. The van der Waals surface area contributed by atoms with Crippen LogP contribution in [0.5, 0.6) is 0 Å². The molecule has 6 heteroatoms. The van der Waals surface area contributed by atoms with Crippen LogP contribution < -0.4 is 16.4 Å². The molecule has 130 valence electrons. The fraction of sp³-hybridized carbons (Fsp3) is 0.263. The van der Waals surface area contributed by atoms with Crippen molar-refractivity contribution in [2.45, 2.75) is 31.7 Å². The van der Waals surface area contributed by atoms with E-state index in [2.05, 4.69) is 32.6 Å². The molecule has 0 aromatic heterocycles. The molecule has 0 saturated heterocycles. The van der Waals surface area contributed by atoms with Gasteiger partial charge in [-0.15, -0.1) is 0 Å². The van der Waals surface area contributed by atoms with Crippen molar-refractivity contribution in [2.24, 2.45) is 5.73 Å². The summed E-state index contributed by atoms with van der Waals surface area (Å²) in [6.45, 7) is 0. The summed E-state index contributed by atoms with van der Waals surface area (Å²) < 4.78 is 0.927. The molecule has 0 unspecified atom stereocenters. The number of nitrogens with two attached hydrogens (primary N) is 1. The van der Waals surface area contributed by atoms with Crippen molar-refractivity contribution >= 4 is 33.6 Å². The molecular formula is C19H20BrN3O2. The van der Waals surface area contributed by atoms with E-state index in [0.29, 0.717) is 0 Å². The zero-order valence-electron chi connectivity index (χ0n) is 13.7. The molecule has 2 aromatic carbocycles. The number of carbonyl (C=O) groups excluding carboxylic acids is 2. The topological polar surface area (TPSA) is 84.2 Å². The Morgan fingerprint density at radius 1 is 1.08 bits per heavy atom. The Balaban J connectivity index is 1.69. The van der Waals surface area contributed by atoms with Gasteiger partial charge in [0.1, 0.15) is 0 Å². The lowest BCUT2D eigenvalue weighted by atomic mass is 10.0. The summed E-state index contributed by atoms with van der Waals surface area (Å²) in [6.07, 6.45) is 3.45. The van der Waals surface area contributed by atoms with Gasteiger partial charge in [0.05, 0.1) is 12.5 Å². The van der Waals surface area contributed by atoms with Gasteiger partial charge in [-0.2, -0.15) is 0 Å². The fourth-order valence-electron chi connectivity index (χ4n) is 3.17. The van der Waals surface area contributed by atoms with E-state index in [1.54, 1.807) is 0 Å². The maximum absolute atomic E-state index is 12.4. The monoisotopic (exact) mass is 401 g/mol. The molecular weight excluding hydrogens is 382 g/mol. The minimum absolute atomic E-state index is 0.113. The number of nitrogens with one attached hydrogen (secondary N) is 2. The Labute approximate surface area is 155 Å². The van der Waals surface area contributed by atoms with E-state index in [1.165, 1.54) is 17.5 Å². The number of hydrogen-bond donors (Lipinski definition) is 3. The van der Waals surface area contributed by atoms with Gasteiger partial charge in [-0.05, 0) is 60.2 Å². The first-order valence-electron chi connectivity index (χ1n) is 8.24. The molecule has 0 fully saturated rings. The molecule has 0 spiro atoms. The highest BCUT2D eigenvalue weighted by Crippen LogP contribution is 2.25. The summed E-state index contributed by atoms with van der Waals surface area (Å²) in [6, 6.07) is 12.4. The number of amides is 3. The van der Waals surface area contributed by atoms with Gasteiger partial charge < -0.3 is 16.4 Å². The summed E-state index contributed by atoms with van der Waals surface area (Å²) in [4.78, 5) is 23.7. The van der Waals surface area contributed by atoms with Crippen LogP contribution in [0.15, 0.2) is 46.9 Å². The SMILES string of the molecule is NC(=O)N[C@H](CC(=O)Nc1ccc2c(c1)CCC2)c1ccc(Br)cc1. The maximum Gasteiger partial charge on any atom is 0.312 e. The molecule has 0 radical (unpaired) electrons. The first kappa shape index (κ1) is 17.5. The Hall–Kier alpha value is -2.34. The third kappa shape index (κ3) is 4.60. The number of halogens is 1. The average molecular weight is 402 g/mol. The molecule has 0 aliphatic heterocycles. The lowest BCUT2D eigenvalue weighted by Gasteiger charge is -2.18. The third-order valence-electron chi connectivity index (χ3n) is 4.36.